The maximum Gasteiger partial charge on any atom is 0.179 e. The lowest BCUT2D eigenvalue weighted by atomic mass is 10.0. The van der Waals surface area contributed by atoms with Crippen LogP contribution in [-0.2, 0) is 0 Å². The Morgan fingerprint density at radius 1 is 0.328 bits per heavy atom. The molecular weight excluding hydrogens is 809 g/mol. The van der Waals surface area contributed by atoms with Gasteiger partial charge in [0.2, 0.25) is 0 Å². The molecule has 0 aliphatic carbocycles. The molecular formula is C60H40N2SSi. The fraction of sp³-hybridized carbons (Fsp3) is 0. The van der Waals surface area contributed by atoms with E-state index < -0.39 is 8.07 Å². The molecule has 0 atom stereocenters. The van der Waals surface area contributed by atoms with Crippen molar-refractivity contribution in [3.05, 3.63) is 243 Å². The van der Waals surface area contributed by atoms with Gasteiger partial charge in [-0.25, -0.2) is 0 Å². The van der Waals surface area contributed by atoms with E-state index in [0.717, 1.165) is 11.4 Å². The van der Waals surface area contributed by atoms with E-state index in [1.165, 1.54) is 95.7 Å². The Morgan fingerprint density at radius 2 is 0.844 bits per heavy atom. The molecule has 0 unspecified atom stereocenters. The zero-order valence-electron chi connectivity index (χ0n) is 34.9. The lowest BCUT2D eigenvalue weighted by Gasteiger charge is -2.34. The van der Waals surface area contributed by atoms with Crippen LogP contribution in [0, 0.1) is 0 Å². The largest absolute Gasteiger partial charge is 0.307 e. The maximum absolute atomic E-state index is 2.81. The summed E-state index contributed by atoms with van der Waals surface area (Å²) in [5.41, 5.74) is 9.55. The average Bonchev–Trinajstić information content (AvgIpc) is 4.03. The molecule has 0 amide bonds. The SMILES string of the molecule is c1ccc([Si](c2ccccc2)(c2ccccc2)c2cccc(-n3c4ccccc4c4cccc(-n5c6ccccc6c6ccc(-c7cccc8c7sc7ccccc78)cc65)c43)c2)cc1. The van der Waals surface area contributed by atoms with Crippen molar-refractivity contribution in [2.24, 2.45) is 0 Å². The van der Waals surface area contributed by atoms with E-state index >= 15 is 0 Å². The summed E-state index contributed by atoms with van der Waals surface area (Å²) in [6, 6.07) is 90.5. The van der Waals surface area contributed by atoms with Crippen molar-refractivity contribution in [2.75, 3.05) is 0 Å². The quantitative estimate of drug-likeness (QED) is 0.112. The lowest BCUT2D eigenvalue weighted by Crippen LogP contribution is -2.74. The number of benzene rings is 10. The minimum atomic E-state index is -2.81. The molecule has 0 saturated carbocycles. The predicted octanol–water partition coefficient (Wildman–Crippen LogP) is 13.3. The third-order valence-electron chi connectivity index (χ3n) is 13.5. The number of nitrogens with zero attached hydrogens (tertiary/aromatic N) is 2. The van der Waals surface area contributed by atoms with Crippen LogP contribution in [0.4, 0.5) is 0 Å². The van der Waals surface area contributed by atoms with Gasteiger partial charge in [0.15, 0.2) is 8.07 Å². The molecule has 4 heteroatoms. The Labute approximate surface area is 376 Å². The van der Waals surface area contributed by atoms with Gasteiger partial charge in [-0.3, -0.25) is 0 Å². The van der Waals surface area contributed by atoms with Crippen LogP contribution < -0.4 is 20.7 Å². The second-order valence-corrected chi connectivity index (χ2v) is 21.7. The molecule has 0 bridgehead atoms. The molecule has 0 spiro atoms. The number of aromatic nitrogens is 2. The van der Waals surface area contributed by atoms with Gasteiger partial charge in [-0.2, -0.15) is 0 Å². The first kappa shape index (κ1) is 36.9. The van der Waals surface area contributed by atoms with Crippen molar-refractivity contribution in [3.63, 3.8) is 0 Å². The highest BCUT2D eigenvalue weighted by atomic mass is 32.1. The Kier molecular flexibility index (Phi) is 8.45. The zero-order valence-corrected chi connectivity index (χ0v) is 36.7. The minimum absolute atomic E-state index is 1.15. The molecule has 64 heavy (non-hydrogen) atoms. The number of rotatable bonds is 7. The standard InChI is InChI=1S/C60H40N2SSi/c1-4-20-43(21-5-1)64(44-22-6-2-7-23-44,45-24-8-3-9-25-45)46-26-16-19-42(40-46)61-54-33-13-11-28-49(54)52-31-18-35-56(59(52)61)62-55-34-14-10-27-48(55)50-38-37-41(39-57(50)62)47-30-17-32-53-51-29-12-15-36-58(51)63-60(47)53/h1-40H. The van der Waals surface area contributed by atoms with E-state index in [0.29, 0.717) is 0 Å². The van der Waals surface area contributed by atoms with Crippen LogP contribution in [0.25, 0.3) is 86.3 Å². The van der Waals surface area contributed by atoms with Gasteiger partial charge in [-0.15, -0.1) is 11.3 Å². The summed E-state index contributed by atoms with van der Waals surface area (Å²) < 4.78 is 7.71. The van der Waals surface area contributed by atoms with Crippen LogP contribution in [0.15, 0.2) is 243 Å². The summed E-state index contributed by atoms with van der Waals surface area (Å²) in [6.07, 6.45) is 0. The molecule has 2 nitrogen and oxygen atoms in total. The molecule has 0 aliphatic rings. The molecule has 0 radical (unpaired) electrons. The van der Waals surface area contributed by atoms with E-state index in [4.69, 9.17) is 0 Å². The summed E-state index contributed by atoms with van der Waals surface area (Å²) in [5.74, 6) is 0. The molecule has 3 heterocycles. The number of fused-ring (bicyclic) bond motifs is 9. The fourth-order valence-electron chi connectivity index (χ4n) is 10.8. The molecule has 10 aromatic carbocycles. The second-order valence-electron chi connectivity index (χ2n) is 16.8. The Morgan fingerprint density at radius 3 is 1.55 bits per heavy atom. The van der Waals surface area contributed by atoms with Crippen molar-refractivity contribution in [1.82, 2.24) is 9.13 Å². The van der Waals surface area contributed by atoms with Crippen LogP contribution in [-0.4, -0.2) is 17.2 Å². The van der Waals surface area contributed by atoms with Gasteiger partial charge in [0.25, 0.3) is 0 Å². The molecule has 0 N–H and O–H groups in total. The van der Waals surface area contributed by atoms with Gasteiger partial charge < -0.3 is 9.13 Å². The first-order chi connectivity index (χ1) is 31.8. The van der Waals surface area contributed by atoms with E-state index in [1.807, 2.05) is 11.3 Å². The first-order valence-corrected chi connectivity index (χ1v) is 24.8. The zero-order chi connectivity index (χ0) is 42.2. The first-order valence-electron chi connectivity index (χ1n) is 22.0. The van der Waals surface area contributed by atoms with E-state index in [2.05, 4.69) is 252 Å². The summed E-state index contributed by atoms with van der Waals surface area (Å²) in [6.45, 7) is 0. The van der Waals surface area contributed by atoms with Crippen LogP contribution in [0.3, 0.4) is 0 Å². The normalized spacial score (nSPS) is 12.1. The van der Waals surface area contributed by atoms with Crippen molar-refractivity contribution < 1.29 is 0 Å². The highest BCUT2D eigenvalue weighted by molar-refractivity contribution is 7.26. The predicted molar refractivity (Wildman–Crippen MR) is 277 cm³/mol. The summed E-state index contributed by atoms with van der Waals surface area (Å²) >= 11 is 1.89. The monoisotopic (exact) mass is 848 g/mol. The topological polar surface area (TPSA) is 9.86 Å². The van der Waals surface area contributed by atoms with Crippen molar-refractivity contribution in [2.45, 2.75) is 0 Å². The number of thiophene rings is 1. The van der Waals surface area contributed by atoms with Crippen LogP contribution in [0.5, 0.6) is 0 Å². The van der Waals surface area contributed by atoms with Gasteiger partial charge in [0.05, 0.1) is 27.8 Å². The Balaban J connectivity index is 1.10. The van der Waals surface area contributed by atoms with Gasteiger partial charge in [0.1, 0.15) is 0 Å². The lowest BCUT2D eigenvalue weighted by molar-refractivity contribution is 1.13. The van der Waals surface area contributed by atoms with E-state index in [1.54, 1.807) is 0 Å². The van der Waals surface area contributed by atoms with E-state index in [9.17, 15) is 0 Å². The molecule has 13 aromatic rings. The number of para-hydroxylation sites is 3. The third kappa shape index (κ3) is 5.43. The highest BCUT2D eigenvalue weighted by Crippen LogP contribution is 2.43. The molecule has 13 rings (SSSR count). The molecule has 0 saturated heterocycles. The van der Waals surface area contributed by atoms with Crippen LogP contribution in [0.1, 0.15) is 0 Å². The Hall–Kier alpha value is -7.76. The third-order valence-corrected chi connectivity index (χ3v) is 19.5. The number of hydrogen-bond acceptors (Lipinski definition) is 1. The van der Waals surface area contributed by atoms with Crippen LogP contribution >= 0.6 is 11.3 Å². The van der Waals surface area contributed by atoms with Crippen LogP contribution in [0.2, 0.25) is 0 Å². The average molecular weight is 849 g/mol. The minimum Gasteiger partial charge on any atom is -0.307 e. The molecule has 0 aliphatic heterocycles. The van der Waals surface area contributed by atoms with Gasteiger partial charge in [0, 0.05) is 47.4 Å². The fourth-order valence-corrected chi connectivity index (χ4v) is 16.8. The molecule has 3 aromatic heterocycles. The van der Waals surface area contributed by atoms with Gasteiger partial charge in [-0.1, -0.05) is 200 Å². The second kappa shape index (κ2) is 14.7. The van der Waals surface area contributed by atoms with E-state index in [-0.39, 0.29) is 0 Å². The smallest absolute Gasteiger partial charge is 0.179 e. The van der Waals surface area contributed by atoms with Crippen molar-refractivity contribution >= 4 is 104 Å². The summed E-state index contributed by atoms with van der Waals surface area (Å²) in [7, 11) is -2.81. The summed E-state index contributed by atoms with van der Waals surface area (Å²) in [5, 5.41) is 13.0. The van der Waals surface area contributed by atoms with Crippen molar-refractivity contribution in [3.8, 4) is 22.5 Å². The van der Waals surface area contributed by atoms with Crippen molar-refractivity contribution in [1.29, 1.82) is 0 Å². The Bertz CT molecular complexity index is 3800. The molecule has 300 valence electrons. The maximum atomic E-state index is 2.53. The number of hydrogen-bond donors (Lipinski definition) is 0. The summed E-state index contributed by atoms with van der Waals surface area (Å²) in [4.78, 5) is 0. The molecule has 0 fully saturated rings. The van der Waals surface area contributed by atoms with Gasteiger partial charge in [-0.05, 0) is 74.3 Å². The van der Waals surface area contributed by atoms with Gasteiger partial charge >= 0.3 is 0 Å². The highest BCUT2D eigenvalue weighted by Gasteiger charge is 2.41.